The van der Waals surface area contributed by atoms with E-state index in [0.717, 1.165) is 5.75 Å². The molecule has 1 rings (SSSR count). The molecule has 0 aromatic carbocycles. The smallest absolute Gasteiger partial charge is 0.130 e. The largest absolute Gasteiger partial charge is 0.490 e. The summed E-state index contributed by atoms with van der Waals surface area (Å²) >= 11 is 1.63. The van der Waals surface area contributed by atoms with E-state index in [-0.39, 0.29) is 0 Å². The van der Waals surface area contributed by atoms with Gasteiger partial charge in [0.1, 0.15) is 12.4 Å². The Morgan fingerprint density at radius 3 is 3.00 bits per heavy atom. The fourth-order valence-corrected chi connectivity index (χ4v) is 1.15. The Bertz CT molecular complexity index is 160. The van der Waals surface area contributed by atoms with Gasteiger partial charge < -0.3 is 9.47 Å². The molecule has 1 aromatic rings. The van der Waals surface area contributed by atoms with Crippen molar-refractivity contribution in [2.75, 3.05) is 20.3 Å². The molecule has 0 amide bonds. The zero-order valence-corrected chi connectivity index (χ0v) is 6.69. The molecule has 0 aliphatic rings. The van der Waals surface area contributed by atoms with Gasteiger partial charge in [0.25, 0.3) is 0 Å². The summed E-state index contributed by atoms with van der Waals surface area (Å²) in [7, 11) is 1.66. The molecular formula is C7H10O2S. The second kappa shape index (κ2) is 4.30. The summed E-state index contributed by atoms with van der Waals surface area (Å²) < 4.78 is 10.1. The summed E-state index contributed by atoms with van der Waals surface area (Å²) in [6.45, 7) is 1.28. The quantitative estimate of drug-likeness (QED) is 0.622. The standard InChI is InChI=1S/C7H10O2S/c1-8-3-4-9-7-2-5-10-6-7/h2,5-6H,3-4H2,1H3. The van der Waals surface area contributed by atoms with Gasteiger partial charge in [-0.1, -0.05) is 0 Å². The van der Waals surface area contributed by atoms with E-state index in [0.29, 0.717) is 13.2 Å². The van der Waals surface area contributed by atoms with Crippen LogP contribution in [0.15, 0.2) is 16.8 Å². The predicted octanol–water partition coefficient (Wildman–Crippen LogP) is 1.77. The van der Waals surface area contributed by atoms with Crippen LogP contribution in [0.25, 0.3) is 0 Å². The zero-order valence-electron chi connectivity index (χ0n) is 5.87. The number of hydrogen-bond acceptors (Lipinski definition) is 3. The summed E-state index contributed by atoms with van der Waals surface area (Å²) in [6.07, 6.45) is 0. The molecule has 0 spiro atoms. The van der Waals surface area contributed by atoms with Gasteiger partial charge in [0, 0.05) is 12.5 Å². The van der Waals surface area contributed by atoms with Crippen molar-refractivity contribution in [1.82, 2.24) is 0 Å². The molecule has 2 nitrogen and oxygen atoms in total. The van der Waals surface area contributed by atoms with Crippen LogP contribution in [0.5, 0.6) is 5.75 Å². The van der Waals surface area contributed by atoms with Crippen LogP contribution in [0, 0.1) is 0 Å². The van der Waals surface area contributed by atoms with Gasteiger partial charge >= 0.3 is 0 Å². The van der Waals surface area contributed by atoms with Gasteiger partial charge in [-0.25, -0.2) is 0 Å². The van der Waals surface area contributed by atoms with E-state index in [4.69, 9.17) is 9.47 Å². The molecule has 0 aliphatic heterocycles. The lowest BCUT2D eigenvalue weighted by Gasteiger charge is -2.00. The molecule has 56 valence electrons. The van der Waals surface area contributed by atoms with Gasteiger partial charge in [0.15, 0.2) is 0 Å². The van der Waals surface area contributed by atoms with Gasteiger partial charge in [-0.05, 0) is 11.4 Å². The molecule has 0 N–H and O–H groups in total. The minimum atomic E-state index is 0.632. The van der Waals surface area contributed by atoms with Crippen molar-refractivity contribution in [3.63, 3.8) is 0 Å². The first-order valence-electron chi connectivity index (χ1n) is 3.07. The van der Waals surface area contributed by atoms with E-state index in [2.05, 4.69) is 0 Å². The van der Waals surface area contributed by atoms with Crippen molar-refractivity contribution in [3.05, 3.63) is 16.8 Å². The van der Waals surface area contributed by atoms with Crippen LogP contribution in [-0.2, 0) is 4.74 Å². The molecule has 3 heteroatoms. The molecule has 0 unspecified atom stereocenters. The molecule has 0 aliphatic carbocycles. The lowest BCUT2D eigenvalue weighted by atomic mass is 10.6. The van der Waals surface area contributed by atoms with Crippen molar-refractivity contribution >= 4 is 11.3 Å². The van der Waals surface area contributed by atoms with Gasteiger partial charge in [-0.3, -0.25) is 0 Å². The van der Waals surface area contributed by atoms with E-state index < -0.39 is 0 Å². The molecule has 0 saturated carbocycles. The summed E-state index contributed by atoms with van der Waals surface area (Å²) in [5, 5.41) is 3.96. The normalized spacial score (nSPS) is 9.70. The third-order valence-electron chi connectivity index (χ3n) is 1.05. The highest BCUT2D eigenvalue weighted by atomic mass is 32.1. The van der Waals surface area contributed by atoms with Crippen molar-refractivity contribution in [2.24, 2.45) is 0 Å². The first kappa shape index (κ1) is 7.57. The topological polar surface area (TPSA) is 18.5 Å². The summed E-state index contributed by atoms with van der Waals surface area (Å²) in [4.78, 5) is 0. The van der Waals surface area contributed by atoms with E-state index >= 15 is 0 Å². The lowest BCUT2D eigenvalue weighted by Crippen LogP contribution is -2.03. The van der Waals surface area contributed by atoms with Crippen LogP contribution in [-0.4, -0.2) is 20.3 Å². The summed E-state index contributed by atoms with van der Waals surface area (Å²) in [5.41, 5.74) is 0. The molecule has 1 aromatic heterocycles. The number of ether oxygens (including phenoxy) is 2. The SMILES string of the molecule is COCCOc1ccsc1. The Morgan fingerprint density at radius 1 is 1.50 bits per heavy atom. The van der Waals surface area contributed by atoms with E-state index in [9.17, 15) is 0 Å². The van der Waals surface area contributed by atoms with E-state index in [1.807, 2.05) is 16.8 Å². The van der Waals surface area contributed by atoms with E-state index in [1.165, 1.54) is 0 Å². The van der Waals surface area contributed by atoms with Crippen LogP contribution in [0.4, 0.5) is 0 Å². The second-order valence-corrected chi connectivity index (χ2v) is 2.58. The van der Waals surface area contributed by atoms with Crippen molar-refractivity contribution < 1.29 is 9.47 Å². The van der Waals surface area contributed by atoms with Gasteiger partial charge in [0.05, 0.1) is 6.61 Å². The Hall–Kier alpha value is -0.540. The Balaban J connectivity index is 2.15. The number of thiophene rings is 1. The van der Waals surface area contributed by atoms with Gasteiger partial charge in [-0.2, -0.15) is 0 Å². The van der Waals surface area contributed by atoms with Gasteiger partial charge in [-0.15, -0.1) is 11.3 Å². The predicted molar refractivity (Wildman–Crippen MR) is 41.7 cm³/mol. The molecule has 10 heavy (non-hydrogen) atoms. The van der Waals surface area contributed by atoms with Crippen LogP contribution in [0.3, 0.4) is 0 Å². The highest BCUT2D eigenvalue weighted by Gasteiger charge is 1.90. The average Bonchev–Trinajstić information content (AvgIpc) is 2.41. The Morgan fingerprint density at radius 2 is 2.40 bits per heavy atom. The van der Waals surface area contributed by atoms with Crippen molar-refractivity contribution in [2.45, 2.75) is 0 Å². The molecular weight excluding hydrogens is 148 g/mol. The third kappa shape index (κ3) is 2.37. The third-order valence-corrected chi connectivity index (χ3v) is 1.71. The first-order chi connectivity index (χ1) is 4.93. The van der Waals surface area contributed by atoms with Gasteiger partial charge in [0.2, 0.25) is 0 Å². The molecule has 0 radical (unpaired) electrons. The second-order valence-electron chi connectivity index (χ2n) is 1.80. The fraction of sp³-hybridized carbons (Fsp3) is 0.429. The van der Waals surface area contributed by atoms with Crippen molar-refractivity contribution in [1.29, 1.82) is 0 Å². The van der Waals surface area contributed by atoms with Crippen LogP contribution >= 0.6 is 11.3 Å². The van der Waals surface area contributed by atoms with E-state index in [1.54, 1.807) is 18.4 Å². The van der Waals surface area contributed by atoms with Crippen LogP contribution < -0.4 is 4.74 Å². The Labute approximate surface area is 64.4 Å². The maximum Gasteiger partial charge on any atom is 0.130 e. The Kier molecular flexibility index (Phi) is 3.26. The maximum atomic E-state index is 5.27. The number of methoxy groups -OCH3 is 1. The monoisotopic (exact) mass is 158 g/mol. The number of rotatable bonds is 4. The van der Waals surface area contributed by atoms with Crippen molar-refractivity contribution in [3.8, 4) is 5.75 Å². The maximum absolute atomic E-state index is 5.27. The van der Waals surface area contributed by atoms with Crippen LogP contribution in [0.1, 0.15) is 0 Å². The molecule has 0 fully saturated rings. The molecule has 1 heterocycles. The summed E-state index contributed by atoms with van der Waals surface area (Å²) in [6, 6.07) is 1.94. The number of hydrogen-bond donors (Lipinski definition) is 0. The van der Waals surface area contributed by atoms with Crippen LogP contribution in [0.2, 0.25) is 0 Å². The average molecular weight is 158 g/mol. The highest BCUT2D eigenvalue weighted by Crippen LogP contribution is 2.13. The lowest BCUT2D eigenvalue weighted by molar-refractivity contribution is 0.146. The zero-order chi connectivity index (χ0) is 7.23. The minimum absolute atomic E-state index is 0.632. The first-order valence-corrected chi connectivity index (χ1v) is 4.01. The highest BCUT2D eigenvalue weighted by molar-refractivity contribution is 7.08. The molecule has 0 atom stereocenters. The molecule has 0 bridgehead atoms. The summed E-state index contributed by atoms with van der Waals surface area (Å²) in [5.74, 6) is 0.932. The minimum Gasteiger partial charge on any atom is -0.490 e. The fourth-order valence-electron chi connectivity index (χ4n) is 0.577. The molecule has 0 saturated heterocycles.